The van der Waals surface area contributed by atoms with E-state index >= 15 is 0 Å². The van der Waals surface area contributed by atoms with Crippen LogP contribution in [-0.4, -0.2) is 32.5 Å². The second-order valence-corrected chi connectivity index (χ2v) is 5.10. The van der Waals surface area contributed by atoms with Gasteiger partial charge in [0.2, 0.25) is 0 Å². The number of hydrogen-bond donors (Lipinski definition) is 1. The van der Waals surface area contributed by atoms with Gasteiger partial charge >= 0.3 is 12.1 Å². The molecule has 0 spiro atoms. The Morgan fingerprint density at radius 2 is 1.80 bits per heavy atom. The second-order valence-electron chi connectivity index (χ2n) is 4.67. The zero-order chi connectivity index (χ0) is 18.2. The molecule has 0 fully saturated rings. The molecule has 0 aliphatic heterocycles. The second kappa shape index (κ2) is 8.70. The standard InChI is InChI=1S/C17H15ClN2O5/c1-23-15-9-11(10-19-20-17(22)24-2)3-8-14(15)25-16(21)12-4-6-13(18)7-5-12/h3-10H,1-2H3,(H,20,22)/b19-10+. The molecule has 7 nitrogen and oxygen atoms in total. The van der Waals surface area contributed by atoms with Crippen molar-refractivity contribution in [2.24, 2.45) is 5.10 Å². The predicted molar refractivity (Wildman–Crippen MR) is 92.5 cm³/mol. The van der Waals surface area contributed by atoms with Crippen LogP contribution in [0.15, 0.2) is 47.6 Å². The fraction of sp³-hybridized carbons (Fsp3) is 0.118. The molecule has 130 valence electrons. The number of carbonyl (C=O) groups is 2. The lowest BCUT2D eigenvalue weighted by Gasteiger charge is -2.10. The molecule has 2 rings (SSSR count). The maximum atomic E-state index is 12.1. The van der Waals surface area contributed by atoms with E-state index in [9.17, 15) is 9.59 Å². The minimum absolute atomic E-state index is 0.250. The number of halogens is 1. The van der Waals surface area contributed by atoms with Gasteiger partial charge in [-0.05, 0) is 48.0 Å². The molecule has 0 unspecified atom stereocenters. The number of nitrogens with zero attached hydrogens (tertiary/aromatic N) is 1. The third-order valence-electron chi connectivity index (χ3n) is 3.03. The van der Waals surface area contributed by atoms with Gasteiger partial charge in [0.25, 0.3) is 0 Å². The van der Waals surface area contributed by atoms with Gasteiger partial charge in [-0.15, -0.1) is 0 Å². The number of carbonyl (C=O) groups excluding carboxylic acids is 2. The molecular formula is C17H15ClN2O5. The summed E-state index contributed by atoms with van der Waals surface area (Å²) in [5, 5.41) is 4.24. The smallest absolute Gasteiger partial charge is 0.427 e. The minimum Gasteiger partial charge on any atom is -0.493 e. The van der Waals surface area contributed by atoms with Gasteiger partial charge in [-0.3, -0.25) is 0 Å². The molecule has 0 saturated heterocycles. The minimum atomic E-state index is -0.684. The average Bonchev–Trinajstić information content (AvgIpc) is 2.63. The molecule has 0 aliphatic rings. The van der Waals surface area contributed by atoms with Crippen molar-refractivity contribution in [2.45, 2.75) is 0 Å². The van der Waals surface area contributed by atoms with Crippen LogP contribution in [0.25, 0.3) is 0 Å². The summed E-state index contributed by atoms with van der Waals surface area (Å²) in [4.78, 5) is 23.1. The highest BCUT2D eigenvalue weighted by molar-refractivity contribution is 6.30. The number of hydrazone groups is 1. The van der Waals surface area contributed by atoms with Crippen LogP contribution >= 0.6 is 11.6 Å². The number of benzene rings is 2. The van der Waals surface area contributed by atoms with E-state index in [1.54, 1.807) is 42.5 Å². The molecule has 0 heterocycles. The third-order valence-corrected chi connectivity index (χ3v) is 3.28. The molecule has 0 atom stereocenters. The summed E-state index contributed by atoms with van der Waals surface area (Å²) in [7, 11) is 2.68. The fourth-order valence-electron chi connectivity index (χ4n) is 1.80. The maximum Gasteiger partial charge on any atom is 0.427 e. The molecule has 0 saturated carbocycles. The maximum absolute atomic E-state index is 12.1. The largest absolute Gasteiger partial charge is 0.493 e. The Morgan fingerprint density at radius 1 is 1.08 bits per heavy atom. The van der Waals surface area contributed by atoms with Crippen LogP contribution in [-0.2, 0) is 4.74 Å². The zero-order valence-corrected chi connectivity index (χ0v) is 14.2. The Bertz CT molecular complexity index is 790. The summed E-state index contributed by atoms with van der Waals surface area (Å²) in [5.74, 6) is 0.0496. The van der Waals surface area contributed by atoms with Crippen molar-refractivity contribution in [3.63, 3.8) is 0 Å². The van der Waals surface area contributed by atoms with Gasteiger partial charge in [0.1, 0.15) is 0 Å². The SMILES string of the molecule is COC(=O)N/N=C/c1ccc(OC(=O)c2ccc(Cl)cc2)c(OC)c1. The van der Waals surface area contributed by atoms with Crippen molar-refractivity contribution >= 4 is 29.9 Å². The van der Waals surface area contributed by atoms with E-state index in [-0.39, 0.29) is 5.75 Å². The number of methoxy groups -OCH3 is 2. The summed E-state index contributed by atoms with van der Waals surface area (Å²) in [6.45, 7) is 0. The van der Waals surface area contributed by atoms with Crippen molar-refractivity contribution in [3.8, 4) is 11.5 Å². The molecule has 1 amide bonds. The molecule has 2 aromatic rings. The van der Waals surface area contributed by atoms with Crippen LogP contribution in [0, 0.1) is 0 Å². The van der Waals surface area contributed by atoms with Crippen molar-refractivity contribution in [1.29, 1.82) is 0 Å². The Morgan fingerprint density at radius 3 is 2.44 bits per heavy atom. The Balaban J connectivity index is 2.12. The van der Waals surface area contributed by atoms with Gasteiger partial charge in [0.15, 0.2) is 11.5 Å². The molecule has 25 heavy (non-hydrogen) atoms. The first-order valence-electron chi connectivity index (χ1n) is 7.06. The summed E-state index contributed by atoms with van der Waals surface area (Å²) < 4.78 is 14.9. The van der Waals surface area contributed by atoms with Crippen LogP contribution in [0.3, 0.4) is 0 Å². The highest BCUT2D eigenvalue weighted by Gasteiger charge is 2.12. The number of amides is 1. The van der Waals surface area contributed by atoms with Crippen LogP contribution in [0.4, 0.5) is 4.79 Å². The van der Waals surface area contributed by atoms with Crippen LogP contribution < -0.4 is 14.9 Å². The summed E-state index contributed by atoms with van der Waals surface area (Å²) in [6.07, 6.45) is 0.710. The quantitative estimate of drug-likeness (QED) is 0.382. The molecule has 0 aliphatic carbocycles. The molecule has 2 aromatic carbocycles. The lowest BCUT2D eigenvalue weighted by atomic mass is 10.2. The highest BCUT2D eigenvalue weighted by atomic mass is 35.5. The lowest BCUT2D eigenvalue weighted by Crippen LogP contribution is -2.16. The first kappa shape index (κ1) is 18.3. The Labute approximate surface area is 149 Å². The fourth-order valence-corrected chi connectivity index (χ4v) is 1.92. The van der Waals surface area contributed by atoms with E-state index in [1.165, 1.54) is 20.4 Å². The third kappa shape index (κ3) is 5.22. The average molecular weight is 363 g/mol. The van der Waals surface area contributed by atoms with E-state index in [1.807, 2.05) is 0 Å². The van der Waals surface area contributed by atoms with Crippen LogP contribution in [0.5, 0.6) is 11.5 Å². The van der Waals surface area contributed by atoms with Gasteiger partial charge in [-0.1, -0.05) is 11.6 Å². The van der Waals surface area contributed by atoms with Crippen molar-refractivity contribution in [2.75, 3.05) is 14.2 Å². The van der Waals surface area contributed by atoms with E-state index in [0.29, 0.717) is 21.9 Å². The molecule has 0 radical (unpaired) electrons. The van der Waals surface area contributed by atoms with Gasteiger partial charge < -0.3 is 14.2 Å². The summed E-state index contributed by atoms with van der Waals surface area (Å²) >= 11 is 5.79. The number of nitrogens with one attached hydrogen (secondary N) is 1. The van der Waals surface area contributed by atoms with Crippen molar-refractivity contribution in [1.82, 2.24) is 5.43 Å². The number of esters is 1. The Hall–Kier alpha value is -3.06. The first-order chi connectivity index (χ1) is 12.0. The number of rotatable bonds is 5. The summed E-state index contributed by atoms with van der Waals surface area (Å²) in [6, 6.07) is 11.1. The molecular weight excluding hydrogens is 348 g/mol. The topological polar surface area (TPSA) is 86.2 Å². The van der Waals surface area contributed by atoms with Gasteiger partial charge in [0, 0.05) is 5.02 Å². The molecule has 0 aromatic heterocycles. The summed E-state index contributed by atoms with van der Waals surface area (Å²) in [5.41, 5.74) is 3.15. The van der Waals surface area contributed by atoms with Gasteiger partial charge in [0.05, 0.1) is 26.0 Å². The monoisotopic (exact) mass is 362 g/mol. The van der Waals surface area contributed by atoms with E-state index in [0.717, 1.165) is 0 Å². The van der Waals surface area contributed by atoms with Gasteiger partial charge in [-0.25, -0.2) is 15.0 Å². The molecule has 8 heteroatoms. The van der Waals surface area contributed by atoms with Gasteiger partial charge in [-0.2, -0.15) is 5.10 Å². The van der Waals surface area contributed by atoms with Crippen molar-refractivity contribution < 1.29 is 23.8 Å². The van der Waals surface area contributed by atoms with E-state index in [4.69, 9.17) is 21.1 Å². The molecule has 0 bridgehead atoms. The lowest BCUT2D eigenvalue weighted by molar-refractivity contribution is 0.0729. The van der Waals surface area contributed by atoms with Crippen molar-refractivity contribution in [3.05, 3.63) is 58.6 Å². The van der Waals surface area contributed by atoms with Crippen LogP contribution in [0.1, 0.15) is 15.9 Å². The molecule has 1 N–H and O–H groups in total. The Kier molecular flexibility index (Phi) is 6.36. The van der Waals surface area contributed by atoms with E-state index < -0.39 is 12.1 Å². The van der Waals surface area contributed by atoms with Crippen LogP contribution in [0.2, 0.25) is 5.02 Å². The highest BCUT2D eigenvalue weighted by Crippen LogP contribution is 2.28. The number of hydrogen-bond acceptors (Lipinski definition) is 6. The van der Waals surface area contributed by atoms with E-state index in [2.05, 4.69) is 15.3 Å². The first-order valence-corrected chi connectivity index (χ1v) is 7.44. The zero-order valence-electron chi connectivity index (χ0n) is 13.5. The normalized spacial score (nSPS) is 10.4. The predicted octanol–water partition coefficient (Wildman–Crippen LogP) is 3.26. The number of ether oxygens (including phenoxy) is 3.